The van der Waals surface area contributed by atoms with Gasteiger partial charge in [-0.3, -0.25) is 9.78 Å². The molecule has 0 aliphatic rings. The van der Waals surface area contributed by atoms with Crippen molar-refractivity contribution in [1.29, 1.82) is 0 Å². The Morgan fingerprint density at radius 2 is 1.81 bits per heavy atom. The molecule has 0 spiro atoms. The Kier molecular flexibility index (Phi) is 3.10. The smallest absolute Gasteiger partial charge is 0.211 e. The number of hydrogen-bond donors (Lipinski definition) is 0. The second-order valence-electron chi connectivity index (χ2n) is 3.20. The predicted octanol–water partition coefficient (Wildman–Crippen LogP) is 3.21. The molecule has 4 heteroatoms. The monoisotopic (exact) mass is 279 g/mol. The highest BCUT2D eigenvalue weighted by atomic mass is 79.9. The molecule has 0 bridgehead atoms. The molecule has 0 fully saturated rings. The summed E-state index contributed by atoms with van der Waals surface area (Å²) in [6.07, 6.45) is 1.55. The molecular weight excluding hydrogens is 273 g/mol. The molecule has 0 saturated carbocycles. The van der Waals surface area contributed by atoms with Crippen LogP contribution < -0.4 is 0 Å². The maximum absolute atomic E-state index is 12.7. The third kappa shape index (κ3) is 2.33. The molecule has 0 radical (unpaired) electrons. The lowest BCUT2D eigenvalue weighted by Crippen LogP contribution is -2.03. The predicted molar refractivity (Wildman–Crippen MR) is 61.8 cm³/mol. The molecule has 0 atom stereocenters. The summed E-state index contributed by atoms with van der Waals surface area (Å²) in [5.74, 6) is -0.576. The summed E-state index contributed by atoms with van der Waals surface area (Å²) in [6, 6.07) is 8.76. The second-order valence-corrected chi connectivity index (χ2v) is 4.11. The van der Waals surface area contributed by atoms with E-state index in [1.54, 1.807) is 18.3 Å². The van der Waals surface area contributed by atoms with Crippen LogP contribution in [0.2, 0.25) is 0 Å². The fourth-order valence-electron chi connectivity index (χ4n) is 1.26. The standard InChI is InChI=1S/C12H7BrFNO/c13-9-3-6-11(15-7-9)12(16)8-1-4-10(14)5-2-8/h1-7H. The van der Waals surface area contributed by atoms with Gasteiger partial charge in [-0.1, -0.05) is 0 Å². The number of hydrogen-bond acceptors (Lipinski definition) is 2. The molecule has 0 unspecified atom stereocenters. The zero-order valence-electron chi connectivity index (χ0n) is 8.15. The highest BCUT2D eigenvalue weighted by Crippen LogP contribution is 2.12. The molecule has 2 nitrogen and oxygen atoms in total. The van der Waals surface area contributed by atoms with Crippen LogP contribution in [0.4, 0.5) is 4.39 Å². The van der Waals surface area contributed by atoms with E-state index in [9.17, 15) is 9.18 Å². The summed E-state index contributed by atoms with van der Waals surface area (Å²) in [5, 5.41) is 0. The van der Waals surface area contributed by atoms with E-state index in [1.165, 1.54) is 24.3 Å². The Balaban J connectivity index is 2.32. The van der Waals surface area contributed by atoms with Gasteiger partial charge in [-0.05, 0) is 52.3 Å². The lowest BCUT2D eigenvalue weighted by atomic mass is 10.1. The molecule has 2 aromatic rings. The van der Waals surface area contributed by atoms with Gasteiger partial charge in [-0.15, -0.1) is 0 Å². The Morgan fingerprint density at radius 3 is 2.38 bits per heavy atom. The van der Waals surface area contributed by atoms with E-state index in [2.05, 4.69) is 20.9 Å². The lowest BCUT2D eigenvalue weighted by Gasteiger charge is -2.00. The van der Waals surface area contributed by atoms with Crippen LogP contribution in [0.25, 0.3) is 0 Å². The van der Waals surface area contributed by atoms with Crippen LogP contribution in [0, 0.1) is 5.82 Å². The number of rotatable bonds is 2. The summed E-state index contributed by atoms with van der Waals surface area (Å²) in [6.45, 7) is 0. The van der Waals surface area contributed by atoms with Crippen molar-refractivity contribution in [1.82, 2.24) is 4.98 Å². The molecule has 1 aromatic carbocycles. The second kappa shape index (κ2) is 4.53. The van der Waals surface area contributed by atoms with Crippen molar-refractivity contribution in [2.75, 3.05) is 0 Å². The minimum atomic E-state index is -0.361. The topological polar surface area (TPSA) is 30.0 Å². The van der Waals surface area contributed by atoms with E-state index in [4.69, 9.17) is 0 Å². The van der Waals surface area contributed by atoms with Gasteiger partial charge in [-0.25, -0.2) is 4.39 Å². The Morgan fingerprint density at radius 1 is 1.12 bits per heavy atom. The summed E-state index contributed by atoms with van der Waals surface area (Å²) in [7, 11) is 0. The molecule has 0 saturated heterocycles. The average Bonchev–Trinajstić information content (AvgIpc) is 2.30. The van der Waals surface area contributed by atoms with E-state index in [-0.39, 0.29) is 11.6 Å². The van der Waals surface area contributed by atoms with E-state index < -0.39 is 0 Å². The minimum Gasteiger partial charge on any atom is -0.287 e. The third-order valence-corrected chi connectivity index (χ3v) is 2.54. The molecule has 0 amide bonds. The largest absolute Gasteiger partial charge is 0.287 e. The van der Waals surface area contributed by atoms with Crippen molar-refractivity contribution in [3.05, 3.63) is 64.1 Å². The molecule has 1 heterocycles. The number of halogens is 2. The van der Waals surface area contributed by atoms with Crippen molar-refractivity contribution in [3.8, 4) is 0 Å². The van der Waals surface area contributed by atoms with Crippen LogP contribution >= 0.6 is 15.9 Å². The van der Waals surface area contributed by atoms with Gasteiger partial charge in [-0.2, -0.15) is 0 Å². The molecule has 0 N–H and O–H groups in total. The number of nitrogens with zero attached hydrogens (tertiary/aromatic N) is 1. The van der Waals surface area contributed by atoms with Crippen molar-refractivity contribution in [2.24, 2.45) is 0 Å². The van der Waals surface area contributed by atoms with Crippen molar-refractivity contribution < 1.29 is 9.18 Å². The number of pyridine rings is 1. The van der Waals surface area contributed by atoms with E-state index in [0.717, 1.165) is 4.47 Å². The quantitative estimate of drug-likeness (QED) is 0.790. The van der Waals surface area contributed by atoms with Crippen LogP contribution in [0.15, 0.2) is 47.1 Å². The highest BCUT2D eigenvalue weighted by Gasteiger charge is 2.09. The van der Waals surface area contributed by atoms with Gasteiger partial charge < -0.3 is 0 Å². The Hall–Kier alpha value is -1.55. The summed E-state index contributed by atoms with van der Waals surface area (Å²) in [5.41, 5.74) is 0.769. The van der Waals surface area contributed by atoms with Crippen LogP contribution in [0.1, 0.15) is 16.1 Å². The van der Waals surface area contributed by atoms with Gasteiger partial charge in [0.05, 0.1) is 0 Å². The molecule has 1 aromatic heterocycles. The number of aromatic nitrogens is 1. The van der Waals surface area contributed by atoms with E-state index >= 15 is 0 Å². The first-order valence-electron chi connectivity index (χ1n) is 4.58. The summed E-state index contributed by atoms with van der Waals surface area (Å²) < 4.78 is 13.5. The fourth-order valence-corrected chi connectivity index (χ4v) is 1.49. The van der Waals surface area contributed by atoms with E-state index in [0.29, 0.717) is 11.3 Å². The first kappa shape index (κ1) is 11.0. The van der Waals surface area contributed by atoms with Gasteiger partial charge >= 0.3 is 0 Å². The van der Waals surface area contributed by atoms with Gasteiger partial charge in [0.1, 0.15) is 11.5 Å². The Bertz CT molecular complexity index is 460. The molecular formula is C12H7BrFNO. The van der Waals surface area contributed by atoms with Crippen LogP contribution in [-0.2, 0) is 0 Å². The molecule has 16 heavy (non-hydrogen) atoms. The van der Waals surface area contributed by atoms with Crippen LogP contribution in [-0.4, -0.2) is 10.8 Å². The molecule has 80 valence electrons. The van der Waals surface area contributed by atoms with Crippen molar-refractivity contribution >= 4 is 21.7 Å². The Labute approximate surface area is 100 Å². The average molecular weight is 280 g/mol. The third-order valence-electron chi connectivity index (χ3n) is 2.07. The minimum absolute atomic E-state index is 0.215. The van der Waals surface area contributed by atoms with Crippen molar-refractivity contribution in [2.45, 2.75) is 0 Å². The molecule has 0 aliphatic heterocycles. The maximum atomic E-state index is 12.7. The summed E-state index contributed by atoms with van der Waals surface area (Å²) >= 11 is 3.24. The lowest BCUT2D eigenvalue weighted by molar-refractivity contribution is 0.103. The van der Waals surface area contributed by atoms with Gasteiger partial charge in [0.15, 0.2) is 0 Å². The number of carbonyl (C=O) groups excluding carboxylic acids is 1. The normalized spacial score (nSPS) is 10.1. The molecule has 2 rings (SSSR count). The SMILES string of the molecule is O=C(c1ccc(F)cc1)c1ccc(Br)cn1. The fraction of sp³-hybridized carbons (Fsp3) is 0. The zero-order valence-corrected chi connectivity index (χ0v) is 9.74. The number of carbonyl (C=O) groups is 1. The molecule has 0 aliphatic carbocycles. The van der Waals surface area contributed by atoms with Crippen LogP contribution in [0.3, 0.4) is 0 Å². The van der Waals surface area contributed by atoms with Gasteiger partial charge in [0.2, 0.25) is 5.78 Å². The van der Waals surface area contributed by atoms with Gasteiger partial charge in [0.25, 0.3) is 0 Å². The van der Waals surface area contributed by atoms with Crippen molar-refractivity contribution in [3.63, 3.8) is 0 Å². The first-order valence-corrected chi connectivity index (χ1v) is 5.38. The maximum Gasteiger partial charge on any atom is 0.211 e. The van der Waals surface area contributed by atoms with E-state index in [1.807, 2.05) is 0 Å². The highest BCUT2D eigenvalue weighted by molar-refractivity contribution is 9.10. The van der Waals surface area contributed by atoms with Gasteiger partial charge in [0, 0.05) is 16.2 Å². The first-order chi connectivity index (χ1) is 7.66. The summed E-state index contributed by atoms with van der Waals surface area (Å²) in [4.78, 5) is 15.9. The van der Waals surface area contributed by atoms with Crippen LogP contribution in [0.5, 0.6) is 0 Å². The number of ketones is 1. The number of benzene rings is 1. The zero-order chi connectivity index (χ0) is 11.5.